The average Bonchev–Trinajstić information content (AvgIpc) is 3.86. The van der Waals surface area contributed by atoms with Crippen molar-refractivity contribution in [3.8, 4) is 45.3 Å². The molecule has 0 saturated carbocycles. The molecule has 12 rings (SSSR count). The fourth-order valence-corrected chi connectivity index (χ4v) is 9.86. The number of thiophene rings is 1. The SMILES string of the molecule is C1=CCC(c2ccc3cc(-c4nc(-c5ccc6ccccc6c5)nc(-c5c(-c6ccc7c(c6)sc6ccccc67)ccc6oc7ccccc7c56)n4)ccc3c2)C=C1. The minimum atomic E-state index is 0.389. The summed E-state index contributed by atoms with van der Waals surface area (Å²) in [4.78, 5) is 16.0. The highest BCUT2D eigenvalue weighted by atomic mass is 32.1. The quantitative estimate of drug-likeness (QED) is 0.175. The first-order valence-corrected chi connectivity index (χ1v) is 20.5. The lowest BCUT2D eigenvalue weighted by Gasteiger charge is -2.15. The van der Waals surface area contributed by atoms with Gasteiger partial charge >= 0.3 is 0 Å². The fourth-order valence-electron chi connectivity index (χ4n) is 8.72. The summed E-state index contributed by atoms with van der Waals surface area (Å²) in [6.07, 6.45) is 9.82. The van der Waals surface area contributed by atoms with Crippen molar-refractivity contribution in [3.05, 3.63) is 188 Å². The first-order valence-electron chi connectivity index (χ1n) is 19.7. The maximum absolute atomic E-state index is 6.52. The summed E-state index contributed by atoms with van der Waals surface area (Å²) < 4.78 is 9.04. The van der Waals surface area contributed by atoms with E-state index in [1.807, 2.05) is 23.5 Å². The van der Waals surface area contributed by atoms with Crippen LogP contribution in [0.4, 0.5) is 0 Å². The highest BCUT2D eigenvalue weighted by Crippen LogP contribution is 2.44. The van der Waals surface area contributed by atoms with Gasteiger partial charge in [0, 0.05) is 53.6 Å². The van der Waals surface area contributed by atoms with Gasteiger partial charge in [-0.25, -0.2) is 15.0 Å². The molecule has 58 heavy (non-hydrogen) atoms. The smallest absolute Gasteiger partial charge is 0.165 e. The van der Waals surface area contributed by atoms with E-state index >= 15 is 0 Å². The largest absolute Gasteiger partial charge is 0.456 e. The van der Waals surface area contributed by atoms with Crippen LogP contribution in [-0.2, 0) is 0 Å². The zero-order valence-electron chi connectivity index (χ0n) is 31.3. The van der Waals surface area contributed by atoms with E-state index in [2.05, 4.69) is 170 Å². The summed E-state index contributed by atoms with van der Waals surface area (Å²) >= 11 is 1.82. The van der Waals surface area contributed by atoms with Crippen molar-refractivity contribution >= 4 is 75.0 Å². The summed E-state index contributed by atoms with van der Waals surface area (Å²) in [5.74, 6) is 2.23. The predicted molar refractivity (Wildman–Crippen MR) is 242 cm³/mol. The molecule has 4 nitrogen and oxygen atoms in total. The zero-order valence-corrected chi connectivity index (χ0v) is 32.1. The summed E-state index contributed by atoms with van der Waals surface area (Å²) in [6, 6.07) is 56.2. The monoisotopic (exact) mass is 759 g/mol. The Balaban J connectivity index is 1.10. The Morgan fingerprint density at radius 3 is 2.00 bits per heavy atom. The van der Waals surface area contributed by atoms with Gasteiger partial charge in [0.2, 0.25) is 0 Å². The van der Waals surface area contributed by atoms with Crippen molar-refractivity contribution in [2.75, 3.05) is 0 Å². The number of aromatic nitrogens is 3. The highest BCUT2D eigenvalue weighted by molar-refractivity contribution is 7.25. The van der Waals surface area contributed by atoms with E-state index in [1.54, 1.807) is 0 Å². The molecule has 272 valence electrons. The highest BCUT2D eigenvalue weighted by Gasteiger charge is 2.23. The van der Waals surface area contributed by atoms with Gasteiger partial charge in [0.25, 0.3) is 0 Å². The molecular formula is C53H33N3OS. The average molecular weight is 760 g/mol. The molecule has 0 bridgehead atoms. The Kier molecular flexibility index (Phi) is 7.50. The summed E-state index contributed by atoms with van der Waals surface area (Å²) in [7, 11) is 0. The van der Waals surface area contributed by atoms with Crippen molar-refractivity contribution < 1.29 is 4.42 Å². The molecule has 1 aliphatic rings. The Labute approximate surface area is 338 Å². The molecule has 1 aliphatic carbocycles. The standard InChI is InChI=1S/C53H33N3OS/c1-2-10-32(11-3-1)35-19-20-37-30-40(23-21-36(37)28-35)52-54-51(39-22-18-33-12-4-5-13-34(33)29-39)55-53(56-52)50-41(26-27-46-49(50)44-15-6-8-16-45(44)57-46)38-24-25-43-42-14-7-9-17-47(42)58-48(43)31-38/h1-10,12-32H,11H2. The lowest BCUT2D eigenvalue weighted by molar-refractivity contribution is 0.669. The normalized spacial score (nSPS) is 14.2. The van der Waals surface area contributed by atoms with E-state index in [0.29, 0.717) is 23.4 Å². The van der Waals surface area contributed by atoms with Gasteiger partial charge in [0.05, 0.1) is 0 Å². The minimum Gasteiger partial charge on any atom is -0.456 e. The summed E-state index contributed by atoms with van der Waals surface area (Å²) in [6.45, 7) is 0. The van der Waals surface area contributed by atoms with Crippen molar-refractivity contribution in [3.63, 3.8) is 0 Å². The zero-order chi connectivity index (χ0) is 38.2. The van der Waals surface area contributed by atoms with E-state index in [0.717, 1.165) is 66.9 Å². The van der Waals surface area contributed by atoms with Gasteiger partial charge in [-0.05, 0) is 87.1 Å². The van der Waals surface area contributed by atoms with Crippen molar-refractivity contribution in [2.24, 2.45) is 0 Å². The first kappa shape index (κ1) is 33.0. The number of furan rings is 1. The molecule has 0 spiro atoms. The molecule has 11 aromatic rings. The van der Waals surface area contributed by atoms with Crippen LogP contribution in [0.1, 0.15) is 17.9 Å². The van der Waals surface area contributed by atoms with Gasteiger partial charge in [-0.2, -0.15) is 0 Å². The Bertz CT molecular complexity index is 3520. The summed E-state index contributed by atoms with van der Waals surface area (Å²) in [5.41, 5.74) is 7.87. The number of fused-ring (bicyclic) bond motifs is 8. The molecule has 0 amide bonds. The number of nitrogens with zero attached hydrogens (tertiary/aromatic N) is 3. The lowest BCUT2D eigenvalue weighted by atomic mass is 9.91. The molecule has 0 aliphatic heterocycles. The molecule has 1 unspecified atom stereocenters. The number of hydrogen-bond acceptors (Lipinski definition) is 5. The van der Waals surface area contributed by atoms with Crippen LogP contribution in [0, 0.1) is 0 Å². The van der Waals surface area contributed by atoms with Gasteiger partial charge in [-0.3, -0.25) is 0 Å². The topological polar surface area (TPSA) is 51.8 Å². The molecule has 1 atom stereocenters. The van der Waals surface area contributed by atoms with E-state index in [-0.39, 0.29) is 0 Å². The molecule has 3 heterocycles. The minimum absolute atomic E-state index is 0.389. The molecule has 0 N–H and O–H groups in total. The van der Waals surface area contributed by atoms with Crippen LogP contribution in [0.15, 0.2) is 186 Å². The van der Waals surface area contributed by atoms with E-state index in [4.69, 9.17) is 19.4 Å². The van der Waals surface area contributed by atoms with Crippen molar-refractivity contribution in [1.29, 1.82) is 0 Å². The molecule has 0 fully saturated rings. The molecule has 0 radical (unpaired) electrons. The fraction of sp³-hybridized carbons (Fsp3) is 0.0377. The second-order valence-corrected chi connectivity index (χ2v) is 16.2. The van der Waals surface area contributed by atoms with Gasteiger partial charge in [0.15, 0.2) is 17.5 Å². The lowest BCUT2D eigenvalue weighted by Crippen LogP contribution is -2.02. The molecule has 3 aromatic heterocycles. The van der Waals surface area contributed by atoms with Crippen molar-refractivity contribution in [2.45, 2.75) is 12.3 Å². The Hall–Kier alpha value is -7.21. The number of allylic oxidation sites excluding steroid dienone is 4. The summed E-state index contributed by atoms with van der Waals surface area (Å²) in [5, 5.41) is 9.20. The van der Waals surface area contributed by atoms with Gasteiger partial charge < -0.3 is 4.42 Å². The van der Waals surface area contributed by atoms with E-state index in [9.17, 15) is 0 Å². The maximum atomic E-state index is 6.52. The number of benzene rings is 8. The van der Waals surface area contributed by atoms with Gasteiger partial charge in [-0.15, -0.1) is 11.3 Å². The van der Waals surface area contributed by atoms with Crippen LogP contribution in [0.25, 0.3) is 109 Å². The van der Waals surface area contributed by atoms with Crippen LogP contribution >= 0.6 is 11.3 Å². The second kappa shape index (κ2) is 13.2. The van der Waals surface area contributed by atoms with E-state index < -0.39 is 0 Å². The first-order chi connectivity index (χ1) is 28.7. The number of hydrogen-bond donors (Lipinski definition) is 0. The molecule has 5 heteroatoms. The Morgan fingerprint density at radius 1 is 0.483 bits per heavy atom. The van der Waals surface area contributed by atoms with Crippen LogP contribution < -0.4 is 0 Å². The van der Waals surface area contributed by atoms with Crippen molar-refractivity contribution in [1.82, 2.24) is 15.0 Å². The van der Waals surface area contributed by atoms with Crippen LogP contribution in [0.2, 0.25) is 0 Å². The van der Waals surface area contributed by atoms with Crippen LogP contribution in [0.3, 0.4) is 0 Å². The predicted octanol–water partition coefficient (Wildman–Crippen LogP) is 14.7. The van der Waals surface area contributed by atoms with Crippen LogP contribution in [-0.4, -0.2) is 15.0 Å². The third-order valence-corrected chi connectivity index (χ3v) is 12.8. The maximum Gasteiger partial charge on any atom is 0.165 e. The third kappa shape index (κ3) is 5.47. The molecule has 0 saturated heterocycles. The Morgan fingerprint density at radius 2 is 1.16 bits per heavy atom. The molecule has 8 aromatic carbocycles. The van der Waals surface area contributed by atoms with E-state index in [1.165, 1.54) is 36.5 Å². The number of rotatable bonds is 5. The van der Waals surface area contributed by atoms with Gasteiger partial charge in [0.1, 0.15) is 11.2 Å². The second-order valence-electron chi connectivity index (χ2n) is 15.1. The van der Waals surface area contributed by atoms with Crippen LogP contribution in [0.5, 0.6) is 0 Å². The number of para-hydroxylation sites is 1. The molecular weight excluding hydrogens is 727 g/mol. The van der Waals surface area contributed by atoms with Gasteiger partial charge in [-0.1, -0.05) is 140 Å². The third-order valence-electron chi connectivity index (χ3n) is 11.6.